The molecule has 0 saturated heterocycles. The second-order valence-electron chi connectivity index (χ2n) is 3.22. The maximum Gasteiger partial charge on any atom is 0.154 e. The fourth-order valence-corrected chi connectivity index (χ4v) is 1.60. The minimum atomic E-state index is -0.278. The summed E-state index contributed by atoms with van der Waals surface area (Å²) >= 11 is 0. The van der Waals surface area contributed by atoms with E-state index in [9.17, 15) is 4.79 Å². The van der Waals surface area contributed by atoms with Crippen LogP contribution in [0.3, 0.4) is 0 Å². The minimum Gasteiger partial charge on any atom is -0.321 e. The quantitative estimate of drug-likeness (QED) is 0.608. The number of fused-ring (bicyclic) bond motifs is 1. The fourth-order valence-electron chi connectivity index (χ4n) is 1.60. The monoisotopic (exact) mass is 161 g/mol. The van der Waals surface area contributed by atoms with Crippen molar-refractivity contribution in [2.45, 2.75) is 18.9 Å². The summed E-state index contributed by atoms with van der Waals surface area (Å²) in [6.07, 6.45) is 1.21. The van der Waals surface area contributed by atoms with Crippen molar-refractivity contribution in [3.63, 3.8) is 0 Å². The molecule has 0 aromatic heterocycles. The van der Waals surface area contributed by atoms with Gasteiger partial charge in [0, 0.05) is 6.42 Å². The Labute approximate surface area is 71.4 Å². The summed E-state index contributed by atoms with van der Waals surface area (Å²) in [5, 5.41) is 0. The van der Waals surface area contributed by atoms with E-state index in [1.807, 2.05) is 24.3 Å². The van der Waals surface area contributed by atoms with Gasteiger partial charge in [-0.25, -0.2) is 0 Å². The number of hydrogen-bond donors (Lipinski definition) is 1. The molecule has 0 fully saturated rings. The number of Topliss-reactive ketones (excluding diaryl/α,β-unsaturated/α-hetero) is 1. The van der Waals surface area contributed by atoms with E-state index in [4.69, 9.17) is 5.73 Å². The predicted octanol–water partition coefficient (Wildman–Crippen LogP) is 0.682. The van der Waals surface area contributed by atoms with Crippen LogP contribution in [0.15, 0.2) is 24.3 Å². The van der Waals surface area contributed by atoms with Gasteiger partial charge in [0.05, 0.1) is 6.04 Å². The van der Waals surface area contributed by atoms with Gasteiger partial charge in [-0.1, -0.05) is 24.3 Å². The average Bonchev–Trinajstić information content (AvgIpc) is 2.07. The fraction of sp³-hybridized carbons (Fsp3) is 0.300. The van der Waals surface area contributed by atoms with Crippen molar-refractivity contribution in [3.05, 3.63) is 35.4 Å². The Morgan fingerprint density at radius 1 is 1.25 bits per heavy atom. The van der Waals surface area contributed by atoms with Crippen LogP contribution in [-0.2, 0) is 17.6 Å². The Morgan fingerprint density at radius 3 is 2.67 bits per heavy atom. The minimum absolute atomic E-state index is 0.161. The van der Waals surface area contributed by atoms with Crippen LogP contribution in [0.1, 0.15) is 11.1 Å². The third-order valence-electron chi connectivity index (χ3n) is 2.34. The van der Waals surface area contributed by atoms with Crippen LogP contribution in [0.5, 0.6) is 0 Å². The molecule has 2 N–H and O–H groups in total. The Kier molecular flexibility index (Phi) is 1.70. The number of nitrogens with two attached hydrogens (primary N) is 1. The maximum atomic E-state index is 11.2. The molecular weight excluding hydrogens is 150 g/mol. The molecule has 0 heterocycles. The molecule has 62 valence electrons. The summed E-state index contributed by atoms with van der Waals surface area (Å²) in [6, 6.07) is 7.71. The van der Waals surface area contributed by atoms with E-state index in [1.165, 1.54) is 5.56 Å². The Bertz CT molecular complexity index is 319. The topological polar surface area (TPSA) is 43.1 Å². The van der Waals surface area contributed by atoms with Gasteiger partial charge in [-0.2, -0.15) is 0 Å². The normalized spacial score (nSPS) is 22.1. The van der Waals surface area contributed by atoms with E-state index in [1.54, 1.807) is 0 Å². The number of rotatable bonds is 0. The Hall–Kier alpha value is -1.15. The van der Waals surface area contributed by atoms with Crippen LogP contribution >= 0.6 is 0 Å². The van der Waals surface area contributed by atoms with Gasteiger partial charge in [-0.15, -0.1) is 0 Å². The van der Waals surface area contributed by atoms with Crippen LogP contribution in [0.25, 0.3) is 0 Å². The summed E-state index contributed by atoms with van der Waals surface area (Å²) in [5.74, 6) is 0.161. The summed E-state index contributed by atoms with van der Waals surface area (Å²) in [6.45, 7) is 0. The zero-order valence-corrected chi connectivity index (χ0v) is 6.79. The van der Waals surface area contributed by atoms with Crippen molar-refractivity contribution in [1.82, 2.24) is 0 Å². The molecule has 12 heavy (non-hydrogen) atoms. The lowest BCUT2D eigenvalue weighted by atomic mass is 9.88. The van der Waals surface area contributed by atoms with Crippen LogP contribution in [0, 0.1) is 0 Å². The number of ketones is 1. The molecule has 0 aliphatic heterocycles. The van der Waals surface area contributed by atoms with Crippen molar-refractivity contribution in [2.75, 3.05) is 0 Å². The standard InChI is InChI=1S/C10H11NO/c11-9-5-7-3-1-2-4-8(7)6-10(9)12/h1-4,9H,5-6,11H2/t9-/m0/s1. The summed E-state index contributed by atoms with van der Waals surface area (Å²) < 4.78 is 0. The molecule has 1 aliphatic carbocycles. The van der Waals surface area contributed by atoms with E-state index in [2.05, 4.69) is 0 Å². The molecule has 1 aromatic rings. The highest BCUT2D eigenvalue weighted by Crippen LogP contribution is 2.17. The smallest absolute Gasteiger partial charge is 0.154 e. The first-order chi connectivity index (χ1) is 5.77. The van der Waals surface area contributed by atoms with Crippen molar-refractivity contribution in [3.8, 4) is 0 Å². The van der Waals surface area contributed by atoms with E-state index in [-0.39, 0.29) is 11.8 Å². The summed E-state index contributed by atoms with van der Waals surface area (Å²) in [7, 11) is 0. The lowest BCUT2D eigenvalue weighted by molar-refractivity contribution is -0.120. The van der Waals surface area contributed by atoms with E-state index < -0.39 is 0 Å². The third-order valence-corrected chi connectivity index (χ3v) is 2.34. The molecule has 0 amide bonds. The zero-order chi connectivity index (χ0) is 8.55. The van der Waals surface area contributed by atoms with Gasteiger partial charge in [0.1, 0.15) is 0 Å². The molecule has 0 radical (unpaired) electrons. The molecule has 2 nitrogen and oxygen atoms in total. The summed E-state index contributed by atoms with van der Waals surface area (Å²) in [5.41, 5.74) is 8.01. The van der Waals surface area contributed by atoms with Crippen molar-refractivity contribution >= 4 is 5.78 Å². The molecule has 1 atom stereocenters. The first kappa shape index (κ1) is 7.50. The van der Waals surface area contributed by atoms with E-state index in [0.29, 0.717) is 12.8 Å². The van der Waals surface area contributed by atoms with Gasteiger partial charge in [-0.3, -0.25) is 4.79 Å². The molecule has 0 spiro atoms. The molecule has 2 heteroatoms. The lowest BCUT2D eigenvalue weighted by Gasteiger charge is -2.19. The van der Waals surface area contributed by atoms with Gasteiger partial charge in [0.25, 0.3) is 0 Å². The number of carbonyl (C=O) groups is 1. The first-order valence-electron chi connectivity index (χ1n) is 4.12. The van der Waals surface area contributed by atoms with Crippen LogP contribution < -0.4 is 5.73 Å². The third kappa shape index (κ3) is 1.14. The first-order valence-corrected chi connectivity index (χ1v) is 4.12. The molecule has 2 rings (SSSR count). The molecular formula is C10H11NO. The number of carbonyl (C=O) groups excluding carboxylic acids is 1. The molecule has 0 unspecified atom stereocenters. The predicted molar refractivity (Wildman–Crippen MR) is 46.8 cm³/mol. The highest BCUT2D eigenvalue weighted by molar-refractivity contribution is 5.88. The van der Waals surface area contributed by atoms with E-state index >= 15 is 0 Å². The van der Waals surface area contributed by atoms with Crippen molar-refractivity contribution < 1.29 is 4.79 Å². The number of hydrogen-bond acceptors (Lipinski definition) is 2. The highest BCUT2D eigenvalue weighted by atomic mass is 16.1. The van der Waals surface area contributed by atoms with Crippen molar-refractivity contribution in [2.24, 2.45) is 5.73 Å². The van der Waals surface area contributed by atoms with Gasteiger partial charge in [-0.05, 0) is 17.5 Å². The Balaban J connectivity index is 2.40. The largest absolute Gasteiger partial charge is 0.321 e. The molecule has 1 aromatic carbocycles. The molecule has 0 saturated carbocycles. The molecule has 1 aliphatic rings. The average molecular weight is 161 g/mol. The molecule has 0 bridgehead atoms. The van der Waals surface area contributed by atoms with E-state index in [0.717, 1.165) is 5.56 Å². The van der Waals surface area contributed by atoms with Gasteiger partial charge in [0.2, 0.25) is 0 Å². The van der Waals surface area contributed by atoms with Crippen LogP contribution in [0.2, 0.25) is 0 Å². The lowest BCUT2D eigenvalue weighted by Crippen LogP contribution is -2.37. The SMILES string of the molecule is N[C@H]1Cc2ccccc2CC1=O. The van der Waals surface area contributed by atoms with Gasteiger partial charge < -0.3 is 5.73 Å². The van der Waals surface area contributed by atoms with Crippen LogP contribution in [-0.4, -0.2) is 11.8 Å². The van der Waals surface area contributed by atoms with Gasteiger partial charge >= 0.3 is 0 Å². The van der Waals surface area contributed by atoms with Crippen LogP contribution in [0.4, 0.5) is 0 Å². The second kappa shape index (κ2) is 2.72. The summed E-state index contributed by atoms with van der Waals surface area (Å²) in [4.78, 5) is 11.2. The number of benzene rings is 1. The second-order valence-corrected chi connectivity index (χ2v) is 3.22. The van der Waals surface area contributed by atoms with Gasteiger partial charge in [0.15, 0.2) is 5.78 Å². The van der Waals surface area contributed by atoms with Crippen molar-refractivity contribution in [1.29, 1.82) is 0 Å². The Morgan fingerprint density at radius 2 is 1.92 bits per heavy atom. The zero-order valence-electron chi connectivity index (χ0n) is 6.79. The highest BCUT2D eigenvalue weighted by Gasteiger charge is 2.21. The maximum absolute atomic E-state index is 11.2.